The van der Waals surface area contributed by atoms with Gasteiger partial charge in [-0.25, -0.2) is 9.37 Å². The van der Waals surface area contributed by atoms with Crippen LogP contribution in [0.3, 0.4) is 0 Å². The molecule has 3 nitrogen and oxygen atoms in total. The molecule has 2 aromatic rings. The van der Waals surface area contributed by atoms with Gasteiger partial charge in [0.1, 0.15) is 5.82 Å². The Morgan fingerprint density at radius 1 is 1.30 bits per heavy atom. The van der Waals surface area contributed by atoms with Gasteiger partial charge in [-0.1, -0.05) is 12.1 Å². The van der Waals surface area contributed by atoms with E-state index in [4.69, 9.17) is 0 Å². The minimum atomic E-state index is -0.196. The van der Waals surface area contributed by atoms with Gasteiger partial charge in [-0.2, -0.15) is 0 Å². The van der Waals surface area contributed by atoms with Crippen molar-refractivity contribution in [3.8, 4) is 0 Å². The van der Waals surface area contributed by atoms with E-state index in [0.717, 1.165) is 22.1 Å². The van der Waals surface area contributed by atoms with Crippen molar-refractivity contribution in [2.75, 3.05) is 0 Å². The van der Waals surface area contributed by atoms with E-state index in [0.29, 0.717) is 5.56 Å². The summed E-state index contributed by atoms with van der Waals surface area (Å²) in [5.74, 6) is 0.548. The van der Waals surface area contributed by atoms with E-state index in [9.17, 15) is 4.39 Å². The third-order valence-corrected chi connectivity index (χ3v) is 4.03. The van der Waals surface area contributed by atoms with E-state index in [-0.39, 0.29) is 11.9 Å². The number of hydrogen-bond donors (Lipinski definition) is 1. The Balaban J connectivity index is 2.04. The Kier molecular flexibility index (Phi) is 3.36. The number of allylic oxidation sites excluding steroid dienone is 1. The molecule has 0 aliphatic carbocycles. The zero-order valence-corrected chi connectivity index (χ0v) is 12.0. The van der Waals surface area contributed by atoms with Crippen molar-refractivity contribution in [1.29, 1.82) is 0 Å². The van der Waals surface area contributed by atoms with Gasteiger partial charge in [-0.05, 0) is 37.1 Å². The first kappa shape index (κ1) is 13.0. The number of rotatable bonds is 2. The number of benzene rings is 1. The maximum Gasteiger partial charge on any atom is 0.162 e. The summed E-state index contributed by atoms with van der Waals surface area (Å²) in [5.41, 5.74) is 2.53. The molecule has 0 spiro atoms. The van der Waals surface area contributed by atoms with Crippen LogP contribution >= 0.6 is 11.3 Å². The van der Waals surface area contributed by atoms with Crippen LogP contribution in [0.4, 0.5) is 4.39 Å². The molecule has 1 unspecified atom stereocenters. The lowest BCUT2D eigenvalue weighted by molar-refractivity contribution is 0.613. The first-order valence-electron chi connectivity index (χ1n) is 6.33. The van der Waals surface area contributed by atoms with Crippen LogP contribution in [-0.2, 0) is 0 Å². The number of aliphatic imine (C=N–C) groups is 1. The highest BCUT2D eigenvalue weighted by molar-refractivity contribution is 7.11. The summed E-state index contributed by atoms with van der Waals surface area (Å²) >= 11 is 1.53. The van der Waals surface area contributed by atoms with Crippen LogP contribution in [0.2, 0.25) is 0 Å². The Hall–Kier alpha value is -2.01. The SMILES string of the molecule is CC1=CC(c2cccc(F)c2C)N=C(c2nccs2)N1. The van der Waals surface area contributed by atoms with Gasteiger partial charge in [0.05, 0.1) is 6.04 Å². The third kappa shape index (κ3) is 2.36. The fraction of sp³-hybridized carbons (Fsp3) is 0.200. The Bertz CT molecular complexity index is 689. The summed E-state index contributed by atoms with van der Waals surface area (Å²) in [7, 11) is 0. The summed E-state index contributed by atoms with van der Waals surface area (Å²) < 4.78 is 13.7. The second-order valence-corrected chi connectivity index (χ2v) is 5.58. The van der Waals surface area contributed by atoms with E-state index >= 15 is 0 Å². The highest BCUT2D eigenvalue weighted by Crippen LogP contribution is 2.28. The molecular weight excluding hydrogens is 273 g/mol. The quantitative estimate of drug-likeness (QED) is 0.916. The smallest absolute Gasteiger partial charge is 0.162 e. The van der Waals surface area contributed by atoms with Crippen molar-refractivity contribution in [1.82, 2.24) is 10.3 Å². The lowest BCUT2D eigenvalue weighted by atomic mass is 9.99. The maximum atomic E-state index is 13.7. The van der Waals surface area contributed by atoms with Crippen LogP contribution in [0.1, 0.15) is 29.1 Å². The molecular formula is C15H14FN3S. The fourth-order valence-corrected chi connectivity index (χ4v) is 2.81. The molecule has 1 N–H and O–H groups in total. The summed E-state index contributed by atoms with van der Waals surface area (Å²) in [4.78, 5) is 8.92. The van der Waals surface area contributed by atoms with Crippen molar-refractivity contribution in [3.63, 3.8) is 0 Å². The average molecular weight is 287 g/mol. The molecule has 1 atom stereocenters. The molecule has 2 heterocycles. The van der Waals surface area contributed by atoms with Crippen LogP contribution in [0.5, 0.6) is 0 Å². The van der Waals surface area contributed by atoms with Gasteiger partial charge in [-0.3, -0.25) is 4.99 Å². The largest absolute Gasteiger partial charge is 0.342 e. The summed E-state index contributed by atoms with van der Waals surface area (Å²) in [6, 6.07) is 4.94. The Morgan fingerprint density at radius 2 is 2.15 bits per heavy atom. The molecule has 5 heteroatoms. The summed E-state index contributed by atoms with van der Waals surface area (Å²) in [5, 5.41) is 5.97. The van der Waals surface area contributed by atoms with Gasteiger partial charge in [-0.15, -0.1) is 11.3 Å². The topological polar surface area (TPSA) is 37.3 Å². The first-order chi connectivity index (χ1) is 9.65. The van der Waals surface area contributed by atoms with Crippen molar-refractivity contribution in [3.05, 3.63) is 63.5 Å². The van der Waals surface area contributed by atoms with Crippen LogP contribution in [0.15, 0.2) is 46.5 Å². The van der Waals surface area contributed by atoms with Gasteiger partial charge in [0.25, 0.3) is 0 Å². The van der Waals surface area contributed by atoms with Gasteiger partial charge in [0.15, 0.2) is 10.8 Å². The maximum absolute atomic E-state index is 13.7. The highest BCUT2D eigenvalue weighted by atomic mass is 32.1. The molecule has 0 fully saturated rings. The van der Waals surface area contributed by atoms with E-state index in [1.807, 2.05) is 24.4 Å². The molecule has 0 bridgehead atoms. The number of aromatic nitrogens is 1. The lowest BCUT2D eigenvalue weighted by Gasteiger charge is -2.21. The van der Waals surface area contributed by atoms with Crippen molar-refractivity contribution < 1.29 is 4.39 Å². The van der Waals surface area contributed by atoms with Gasteiger partial charge in [0, 0.05) is 17.3 Å². The minimum Gasteiger partial charge on any atom is -0.342 e. The van der Waals surface area contributed by atoms with E-state index < -0.39 is 0 Å². The highest BCUT2D eigenvalue weighted by Gasteiger charge is 2.19. The molecule has 0 amide bonds. The molecule has 1 aliphatic rings. The molecule has 20 heavy (non-hydrogen) atoms. The third-order valence-electron chi connectivity index (χ3n) is 3.25. The second kappa shape index (κ2) is 5.17. The van der Waals surface area contributed by atoms with Crippen LogP contribution in [0.25, 0.3) is 0 Å². The van der Waals surface area contributed by atoms with E-state index in [2.05, 4.69) is 15.3 Å². The van der Waals surface area contributed by atoms with Crippen molar-refractivity contribution in [2.45, 2.75) is 19.9 Å². The second-order valence-electron chi connectivity index (χ2n) is 4.69. The van der Waals surface area contributed by atoms with E-state index in [1.165, 1.54) is 17.4 Å². The number of nitrogens with zero attached hydrogens (tertiary/aromatic N) is 2. The van der Waals surface area contributed by atoms with Crippen LogP contribution in [0, 0.1) is 12.7 Å². The fourth-order valence-electron chi connectivity index (χ4n) is 2.23. The molecule has 1 aromatic heterocycles. The first-order valence-corrected chi connectivity index (χ1v) is 7.21. The number of amidine groups is 1. The van der Waals surface area contributed by atoms with Gasteiger partial charge in [0.2, 0.25) is 0 Å². The molecule has 0 radical (unpaired) electrons. The zero-order chi connectivity index (χ0) is 14.1. The summed E-state index contributed by atoms with van der Waals surface area (Å²) in [6.45, 7) is 3.76. The molecule has 3 rings (SSSR count). The number of thiazole rings is 1. The van der Waals surface area contributed by atoms with Gasteiger partial charge < -0.3 is 5.32 Å². The Morgan fingerprint density at radius 3 is 2.90 bits per heavy atom. The van der Waals surface area contributed by atoms with Crippen molar-refractivity contribution in [2.24, 2.45) is 4.99 Å². The average Bonchev–Trinajstić information content (AvgIpc) is 2.95. The summed E-state index contributed by atoms with van der Waals surface area (Å²) in [6.07, 6.45) is 3.75. The molecule has 0 saturated heterocycles. The standard InChI is InChI=1S/C15H14FN3S/c1-9-8-13(11-4-3-5-12(16)10(11)2)19-14(18-9)15-17-6-7-20-15/h3-8,13H,1-2H3,(H,18,19). The molecule has 1 aromatic carbocycles. The Labute approximate surface area is 120 Å². The van der Waals surface area contributed by atoms with Crippen molar-refractivity contribution >= 4 is 17.2 Å². The predicted molar refractivity (Wildman–Crippen MR) is 79.4 cm³/mol. The minimum absolute atomic E-state index is 0.175. The van der Waals surface area contributed by atoms with Gasteiger partial charge >= 0.3 is 0 Å². The van der Waals surface area contributed by atoms with Crippen LogP contribution in [-0.4, -0.2) is 10.8 Å². The molecule has 102 valence electrons. The number of halogens is 1. The number of hydrogen-bond acceptors (Lipinski definition) is 4. The zero-order valence-electron chi connectivity index (χ0n) is 11.2. The molecule has 1 aliphatic heterocycles. The van der Waals surface area contributed by atoms with Crippen LogP contribution < -0.4 is 5.32 Å². The number of nitrogens with one attached hydrogen (secondary N) is 1. The molecule has 0 saturated carbocycles. The van der Waals surface area contributed by atoms with E-state index in [1.54, 1.807) is 19.2 Å². The lowest BCUT2D eigenvalue weighted by Crippen LogP contribution is -2.27. The normalized spacial score (nSPS) is 18.2. The monoisotopic (exact) mass is 287 g/mol. The predicted octanol–water partition coefficient (Wildman–Crippen LogP) is 3.59.